The minimum Gasteiger partial charge on any atom is -0.351 e. The van der Waals surface area contributed by atoms with Gasteiger partial charge in [0.1, 0.15) is 0 Å². The average molecular weight is 182 g/mol. The summed E-state index contributed by atoms with van der Waals surface area (Å²) < 4.78 is 4.30. The van der Waals surface area contributed by atoms with Crippen molar-refractivity contribution in [3.63, 3.8) is 0 Å². The van der Waals surface area contributed by atoms with Crippen molar-refractivity contribution in [2.24, 2.45) is 11.5 Å². The van der Waals surface area contributed by atoms with Crippen LogP contribution in [0.25, 0.3) is 0 Å². The lowest BCUT2D eigenvalue weighted by Gasteiger charge is -1.97. The van der Waals surface area contributed by atoms with Crippen molar-refractivity contribution in [3.05, 3.63) is 0 Å². The molecule has 58 valence electrons. The van der Waals surface area contributed by atoms with Gasteiger partial charge in [-0.3, -0.25) is 9.44 Å². The fourth-order valence-corrected chi connectivity index (χ4v) is 1.11. The lowest BCUT2D eigenvalue weighted by atomic mass is 11.2. The molecule has 0 fully saturated rings. The molecule has 10 heavy (non-hydrogen) atoms. The SMILES string of the molecule is NC(=O)NSSNC(N)=O. The lowest BCUT2D eigenvalue weighted by molar-refractivity contribution is 0.253. The third-order valence-electron chi connectivity index (χ3n) is 0.326. The highest BCUT2D eigenvalue weighted by Gasteiger charge is 1.93. The minimum absolute atomic E-state index is 0.677. The monoisotopic (exact) mass is 182 g/mol. The number of nitrogens with two attached hydrogens (primary N) is 2. The Labute approximate surface area is 65.1 Å². The highest BCUT2D eigenvalue weighted by Crippen LogP contribution is 2.10. The van der Waals surface area contributed by atoms with Gasteiger partial charge in [-0.05, 0) is 0 Å². The fourth-order valence-electron chi connectivity index (χ4n) is 0.124. The molecule has 0 unspecified atom stereocenters. The van der Waals surface area contributed by atoms with Crippen LogP contribution in [0.3, 0.4) is 0 Å². The maximum Gasteiger partial charge on any atom is 0.322 e. The molecule has 0 aromatic heterocycles. The molecule has 8 heteroatoms. The van der Waals surface area contributed by atoms with Crippen molar-refractivity contribution in [2.45, 2.75) is 0 Å². The number of hydrogen-bond donors (Lipinski definition) is 4. The van der Waals surface area contributed by atoms with E-state index in [-0.39, 0.29) is 0 Å². The van der Waals surface area contributed by atoms with E-state index >= 15 is 0 Å². The summed E-state index contributed by atoms with van der Waals surface area (Å²) in [4.78, 5) is 20.0. The fraction of sp³-hybridized carbons (Fsp3) is 0. The van der Waals surface area contributed by atoms with Crippen LogP contribution in [0.5, 0.6) is 0 Å². The Balaban J connectivity index is 3.06. The van der Waals surface area contributed by atoms with Gasteiger partial charge in [0.15, 0.2) is 0 Å². The third kappa shape index (κ3) is 7.24. The first kappa shape index (κ1) is 9.24. The molecule has 0 aromatic rings. The highest BCUT2D eigenvalue weighted by atomic mass is 33.1. The van der Waals surface area contributed by atoms with Crippen molar-refractivity contribution in [2.75, 3.05) is 0 Å². The average Bonchev–Trinajstić information content (AvgIpc) is 1.79. The normalized spacial score (nSPS) is 8.40. The van der Waals surface area contributed by atoms with E-state index < -0.39 is 12.1 Å². The molecule has 0 aromatic carbocycles. The number of urea groups is 2. The van der Waals surface area contributed by atoms with Crippen molar-refractivity contribution in [3.8, 4) is 0 Å². The summed E-state index contributed by atoms with van der Waals surface area (Å²) in [7, 11) is 1.74. The number of hydrogen-bond acceptors (Lipinski definition) is 4. The Hall–Kier alpha value is -0.760. The number of primary amides is 2. The molecule has 6 N–H and O–H groups in total. The molecular formula is C2H6N4O2S2. The first-order chi connectivity index (χ1) is 4.63. The summed E-state index contributed by atoms with van der Waals surface area (Å²) in [5.41, 5.74) is 9.36. The summed E-state index contributed by atoms with van der Waals surface area (Å²) >= 11 is 0. The zero-order chi connectivity index (χ0) is 7.98. The Morgan fingerprint density at radius 3 is 1.50 bits per heavy atom. The standard InChI is InChI=1S/C2H6N4O2S2/c3-1(7)5-9-10-6-2(4)8/h(H3,3,5,7)(H3,4,6,8). The molecule has 0 saturated heterocycles. The third-order valence-corrected chi connectivity index (χ3v) is 1.73. The first-order valence-electron chi connectivity index (χ1n) is 2.06. The van der Waals surface area contributed by atoms with Crippen LogP contribution in [-0.4, -0.2) is 12.1 Å². The minimum atomic E-state index is -0.677. The van der Waals surface area contributed by atoms with Gasteiger partial charge in [-0.25, -0.2) is 9.59 Å². The van der Waals surface area contributed by atoms with Gasteiger partial charge in [-0.15, -0.1) is 0 Å². The van der Waals surface area contributed by atoms with Gasteiger partial charge in [0.25, 0.3) is 0 Å². The predicted octanol–water partition coefficient (Wildman–Crippen LogP) is -0.466. The molecule has 4 amide bonds. The number of rotatable bonds is 3. The maximum atomic E-state index is 9.98. The van der Waals surface area contributed by atoms with E-state index in [9.17, 15) is 9.59 Å². The molecule has 0 aliphatic heterocycles. The molecule has 0 bridgehead atoms. The van der Waals surface area contributed by atoms with E-state index in [4.69, 9.17) is 0 Å². The highest BCUT2D eigenvalue weighted by molar-refractivity contribution is 8.75. The second-order valence-corrected chi connectivity index (χ2v) is 2.84. The number of carbonyl (C=O) groups excluding carboxylic acids is 2. The summed E-state index contributed by atoms with van der Waals surface area (Å²) in [6.07, 6.45) is 0. The Kier molecular flexibility index (Phi) is 4.67. The molecule has 0 saturated carbocycles. The van der Waals surface area contributed by atoms with E-state index in [1.54, 1.807) is 0 Å². The second-order valence-electron chi connectivity index (χ2n) is 1.10. The zero-order valence-electron chi connectivity index (χ0n) is 4.79. The Bertz CT molecular complexity index is 123. The van der Waals surface area contributed by atoms with Crippen molar-refractivity contribution in [1.82, 2.24) is 9.44 Å². The number of nitrogens with one attached hydrogen (secondary N) is 2. The van der Waals surface area contributed by atoms with Gasteiger partial charge < -0.3 is 11.5 Å². The second kappa shape index (κ2) is 5.06. The van der Waals surface area contributed by atoms with E-state index in [1.165, 1.54) is 0 Å². The molecule has 0 rings (SSSR count). The molecule has 0 aliphatic rings. The van der Waals surface area contributed by atoms with Gasteiger partial charge in [-0.2, -0.15) is 0 Å². The molecule has 0 spiro atoms. The molecular weight excluding hydrogens is 176 g/mol. The van der Waals surface area contributed by atoms with Crippen LogP contribution in [0.4, 0.5) is 9.59 Å². The molecule has 0 aliphatic carbocycles. The maximum absolute atomic E-state index is 9.98. The van der Waals surface area contributed by atoms with Crippen molar-refractivity contribution >= 4 is 34.0 Å². The summed E-state index contributed by atoms with van der Waals surface area (Å²) in [6, 6.07) is -1.35. The Morgan fingerprint density at radius 2 is 1.30 bits per heavy atom. The van der Waals surface area contributed by atoms with Crippen LogP contribution in [0.15, 0.2) is 0 Å². The van der Waals surface area contributed by atoms with Crippen molar-refractivity contribution in [1.29, 1.82) is 0 Å². The van der Waals surface area contributed by atoms with Gasteiger partial charge in [0, 0.05) is 22.0 Å². The number of carbonyl (C=O) groups is 2. The summed E-state index contributed by atoms with van der Waals surface area (Å²) in [6.45, 7) is 0. The van der Waals surface area contributed by atoms with Gasteiger partial charge >= 0.3 is 12.1 Å². The van der Waals surface area contributed by atoms with Crippen LogP contribution in [0, 0.1) is 0 Å². The van der Waals surface area contributed by atoms with Crippen LogP contribution in [0.1, 0.15) is 0 Å². The van der Waals surface area contributed by atoms with Gasteiger partial charge in [0.2, 0.25) is 0 Å². The summed E-state index contributed by atoms with van der Waals surface area (Å²) in [5.74, 6) is 0. The summed E-state index contributed by atoms with van der Waals surface area (Å²) in [5, 5.41) is 0. The van der Waals surface area contributed by atoms with Crippen LogP contribution in [-0.2, 0) is 0 Å². The quantitative estimate of drug-likeness (QED) is 0.269. The van der Waals surface area contributed by atoms with Gasteiger partial charge in [-0.1, -0.05) is 0 Å². The van der Waals surface area contributed by atoms with E-state index in [1.807, 2.05) is 0 Å². The van der Waals surface area contributed by atoms with Crippen LogP contribution >= 0.6 is 22.0 Å². The first-order valence-corrected chi connectivity index (χ1v) is 4.21. The molecule has 0 atom stereocenters. The smallest absolute Gasteiger partial charge is 0.322 e. The van der Waals surface area contributed by atoms with Crippen LogP contribution < -0.4 is 20.9 Å². The van der Waals surface area contributed by atoms with E-state index in [0.717, 1.165) is 22.0 Å². The predicted molar refractivity (Wildman–Crippen MR) is 40.6 cm³/mol. The molecule has 6 nitrogen and oxygen atoms in total. The largest absolute Gasteiger partial charge is 0.351 e. The number of amides is 4. The molecule has 0 heterocycles. The molecule has 0 radical (unpaired) electrons. The van der Waals surface area contributed by atoms with E-state index in [2.05, 4.69) is 20.9 Å². The van der Waals surface area contributed by atoms with E-state index in [0.29, 0.717) is 0 Å². The Morgan fingerprint density at radius 1 is 1.00 bits per heavy atom. The van der Waals surface area contributed by atoms with Crippen molar-refractivity contribution < 1.29 is 9.59 Å². The topological polar surface area (TPSA) is 110 Å². The lowest BCUT2D eigenvalue weighted by Crippen LogP contribution is -2.25. The zero-order valence-corrected chi connectivity index (χ0v) is 6.42. The van der Waals surface area contributed by atoms with Gasteiger partial charge in [0.05, 0.1) is 0 Å². The van der Waals surface area contributed by atoms with Crippen LogP contribution in [0.2, 0.25) is 0 Å².